The maximum absolute atomic E-state index is 11.8. The molecule has 2 aromatic rings. The van der Waals surface area contributed by atoms with Crippen LogP contribution in [-0.4, -0.2) is 70.2 Å². The summed E-state index contributed by atoms with van der Waals surface area (Å²) >= 11 is 0. The van der Waals surface area contributed by atoms with Gasteiger partial charge in [0, 0.05) is 42.5 Å². The molecule has 1 aliphatic carbocycles. The Hall–Kier alpha value is -3.76. The number of carboxylic acid groups (broad SMARTS) is 1. The maximum atomic E-state index is 11.8. The van der Waals surface area contributed by atoms with Crippen LogP contribution in [0.2, 0.25) is 0 Å². The second-order valence-corrected chi connectivity index (χ2v) is 10.1. The zero-order valence-electron chi connectivity index (χ0n) is 22.2. The van der Waals surface area contributed by atoms with Crippen LogP contribution in [0.4, 0.5) is 16.4 Å². The van der Waals surface area contributed by atoms with Crippen molar-refractivity contribution in [2.24, 2.45) is 0 Å². The number of ketones is 1. The second-order valence-electron chi connectivity index (χ2n) is 10.1. The summed E-state index contributed by atoms with van der Waals surface area (Å²) in [6.07, 6.45) is 5.67. The highest BCUT2D eigenvalue weighted by Crippen LogP contribution is 2.33. The monoisotopic (exact) mass is 524 g/mol. The van der Waals surface area contributed by atoms with Gasteiger partial charge in [-0.15, -0.1) is 0 Å². The third kappa shape index (κ3) is 6.76. The normalized spacial score (nSPS) is 16.3. The summed E-state index contributed by atoms with van der Waals surface area (Å²) in [5.74, 6) is 0.733. The number of Topliss-reactive ketones (excluding diaryl/α,β-unsaturated/α-hetero) is 1. The number of nitrogens with zero attached hydrogens (tertiary/aromatic N) is 4. The van der Waals surface area contributed by atoms with Crippen LogP contribution < -0.4 is 15.5 Å². The topological polar surface area (TPSA) is 147 Å². The number of nitrogens with one attached hydrogen (secondary N) is 2. The number of hydrogen-bond donors (Lipinski definition) is 3. The summed E-state index contributed by atoms with van der Waals surface area (Å²) < 4.78 is 4.72. The van der Waals surface area contributed by atoms with Gasteiger partial charge in [-0.2, -0.15) is 0 Å². The minimum absolute atomic E-state index is 0.118. The fourth-order valence-corrected chi connectivity index (χ4v) is 5.06. The molecule has 11 heteroatoms. The maximum Gasteiger partial charge on any atom is 0.408 e. The lowest BCUT2D eigenvalue weighted by molar-refractivity contribution is -0.138. The van der Waals surface area contributed by atoms with Gasteiger partial charge in [-0.3, -0.25) is 9.78 Å². The molecule has 0 saturated carbocycles. The molecule has 0 bridgehead atoms. The van der Waals surface area contributed by atoms with Crippen LogP contribution in [0.5, 0.6) is 0 Å². The number of carbonyl (C=O) groups is 3. The Morgan fingerprint density at radius 3 is 2.55 bits per heavy atom. The van der Waals surface area contributed by atoms with Gasteiger partial charge in [-0.25, -0.2) is 19.6 Å². The number of anilines is 2. The molecular weight excluding hydrogens is 488 g/mol. The first-order chi connectivity index (χ1) is 18.2. The third-order valence-electron chi connectivity index (χ3n) is 7.11. The molecule has 2 aromatic heterocycles. The van der Waals surface area contributed by atoms with Crippen LogP contribution in [0.25, 0.3) is 0 Å². The highest BCUT2D eigenvalue weighted by atomic mass is 16.6. The molecule has 204 valence electrons. The first-order valence-corrected chi connectivity index (χ1v) is 13.2. The Morgan fingerprint density at radius 1 is 1.11 bits per heavy atom. The van der Waals surface area contributed by atoms with E-state index in [9.17, 15) is 19.5 Å². The van der Waals surface area contributed by atoms with E-state index in [0.29, 0.717) is 17.6 Å². The number of amides is 1. The molecule has 3 heterocycles. The highest BCUT2D eigenvalue weighted by Gasteiger charge is 2.26. The van der Waals surface area contributed by atoms with E-state index >= 15 is 0 Å². The first-order valence-electron chi connectivity index (χ1n) is 13.2. The molecule has 0 spiro atoms. The molecule has 3 N–H and O–H groups in total. The van der Waals surface area contributed by atoms with Gasteiger partial charge >= 0.3 is 12.1 Å². The predicted molar refractivity (Wildman–Crippen MR) is 142 cm³/mol. The molecule has 38 heavy (non-hydrogen) atoms. The molecule has 1 aliphatic heterocycles. The number of rotatable bonds is 9. The van der Waals surface area contributed by atoms with Gasteiger partial charge in [-0.05, 0) is 70.9 Å². The number of aliphatic carboxylic acids is 1. The van der Waals surface area contributed by atoms with Gasteiger partial charge in [0.1, 0.15) is 23.5 Å². The zero-order chi connectivity index (χ0) is 27.2. The van der Waals surface area contributed by atoms with Crippen molar-refractivity contribution in [1.82, 2.24) is 20.3 Å². The zero-order valence-corrected chi connectivity index (χ0v) is 22.2. The molecule has 1 saturated heterocycles. The summed E-state index contributed by atoms with van der Waals surface area (Å²) in [7, 11) is 0. The molecular formula is C27H36N6O5. The molecule has 1 atom stereocenters. The van der Waals surface area contributed by atoms with E-state index in [-0.39, 0.29) is 12.3 Å². The predicted octanol–water partition coefficient (Wildman–Crippen LogP) is 2.93. The minimum Gasteiger partial charge on any atom is -0.480 e. The molecule has 0 aromatic carbocycles. The summed E-state index contributed by atoms with van der Waals surface area (Å²) in [5, 5.41) is 14.8. The number of carbonyl (C=O) groups excluding carboxylic acids is 2. The summed E-state index contributed by atoms with van der Waals surface area (Å²) in [4.78, 5) is 50.9. The number of aromatic nitrogens is 3. The number of pyridine rings is 1. The van der Waals surface area contributed by atoms with Gasteiger partial charge in [0.15, 0.2) is 12.4 Å². The summed E-state index contributed by atoms with van der Waals surface area (Å²) in [5.41, 5.74) is 4.68. The van der Waals surface area contributed by atoms with Crippen molar-refractivity contribution in [3.8, 4) is 0 Å². The van der Waals surface area contributed by atoms with E-state index in [1.807, 2.05) is 6.92 Å². The molecule has 4 rings (SSSR count). The van der Waals surface area contributed by atoms with E-state index in [4.69, 9.17) is 9.72 Å². The molecule has 2 aliphatic rings. The number of alkyl carbamates (subject to hydrolysis) is 1. The lowest BCUT2D eigenvalue weighted by atomic mass is 9.90. The number of carboxylic acids is 1. The molecule has 0 radical (unpaired) electrons. The van der Waals surface area contributed by atoms with E-state index in [1.54, 1.807) is 6.92 Å². The number of hydrogen-bond acceptors (Lipinski definition) is 9. The molecule has 1 amide bonds. The minimum atomic E-state index is -1.27. The smallest absolute Gasteiger partial charge is 0.408 e. The van der Waals surface area contributed by atoms with Crippen molar-refractivity contribution in [3.05, 3.63) is 40.5 Å². The van der Waals surface area contributed by atoms with Gasteiger partial charge in [-0.1, -0.05) is 6.07 Å². The fraction of sp³-hybridized carbons (Fsp3) is 0.556. The van der Waals surface area contributed by atoms with Gasteiger partial charge in [0.25, 0.3) is 0 Å². The Morgan fingerprint density at radius 2 is 1.84 bits per heavy atom. The number of fused-ring (bicyclic) bond motifs is 1. The number of piperidine rings is 1. The van der Waals surface area contributed by atoms with E-state index in [0.717, 1.165) is 50.2 Å². The molecule has 1 fully saturated rings. The third-order valence-corrected chi connectivity index (χ3v) is 7.11. The van der Waals surface area contributed by atoms with E-state index in [2.05, 4.69) is 37.6 Å². The van der Waals surface area contributed by atoms with Crippen LogP contribution >= 0.6 is 0 Å². The second kappa shape index (κ2) is 12.2. The number of aryl methyl sites for hydroxylation is 3. The van der Waals surface area contributed by atoms with Crippen molar-refractivity contribution in [2.75, 3.05) is 36.5 Å². The SMILES string of the molecule is CC(=O)COC(=O)N[C@@H](CNc1nc(C)nc(N2CCC(c3ccc4c(n3)CCCC4)CC2)c1C)C(=O)O. The summed E-state index contributed by atoms with van der Waals surface area (Å²) in [6.45, 7) is 6.10. The fourth-order valence-electron chi connectivity index (χ4n) is 5.06. The van der Waals surface area contributed by atoms with Crippen molar-refractivity contribution in [1.29, 1.82) is 0 Å². The lowest BCUT2D eigenvalue weighted by Crippen LogP contribution is -2.46. The van der Waals surface area contributed by atoms with Gasteiger partial charge in [0.2, 0.25) is 0 Å². The average molecular weight is 525 g/mol. The standard InChI is InChI=1S/C27H36N6O5/c1-16(34)15-38-27(37)32-23(26(35)36)14-28-24-17(2)25(30-18(3)29-24)33-12-10-20(11-13-33)22-9-8-19-6-4-5-7-21(19)31-22/h8-9,20,23H,4-7,10-15H2,1-3H3,(H,32,37)(H,35,36)(H,28,29,30)/t23-/m0/s1. The van der Waals surface area contributed by atoms with Crippen LogP contribution in [0.15, 0.2) is 12.1 Å². The Balaban J connectivity index is 1.39. The van der Waals surface area contributed by atoms with Crippen molar-refractivity contribution in [3.63, 3.8) is 0 Å². The van der Waals surface area contributed by atoms with Crippen LogP contribution in [0, 0.1) is 13.8 Å². The Bertz CT molecular complexity index is 1190. The Kier molecular flexibility index (Phi) is 8.75. The average Bonchev–Trinajstić information content (AvgIpc) is 2.91. The lowest BCUT2D eigenvalue weighted by Gasteiger charge is -2.34. The van der Waals surface area contributed by atoms with Crippen molar-refractivity contribution >= 4 is 29.5 Å². The number of ether oxygens (including phenoxy) is 1. The van der Waals surface area contributed by atoms with Gasteiger partial charge < -0.3 is 25.4 Å². The van der Waals surface area contributed by atoms with E-state index < -0.39 is 24.7 Å². The van der Waals surface area contributed by atoms with Crippen LogP contribution in [0.1, 0.15) is 66.9 Å². The first kappa shape index (κ1) is 27.3. The van der Waals surface area contributed by atoms with Crippen molar-refractivity contribution in [2.45, 2.75) is 71.3 Å². The largest absolute Gasteiger partial charge is 0.480 e. The van der Waals surface area contributed by atoms with E-state index in [1.165, 1.54) is 36.7 Å². The van der Waals surface area contributed by atoms with Crippen LogP contribution in [-0.2, 0) is 27.2 Å². The molecule has 0 unspecified atom stereocenters. The highest BCUT2D eigenvalue weighted by molar-refractivity contribution is 5.83. The summed E-state index contributed by atoms with van der Waals surface area (Å²) in [6, 6.07) is 3.20. The quantitative estimate of drug-likeness (QED) is 0.447. The van der Waals surface area contributed by atoms with Gasteiger partial charge in [0.05, 0.1) is 0 Å². The van der Waals surface area contributed by atoms with Crippen LogP contribution in [0.3, 0.4) is 0 Å². The van der Waals surface area contributed by atoms with Crippen molar-refractivity contribution < 1.29 is 24.2 Å². The molecule has 11 nitrogen and oxygen atoms in total. The Labute approximate surface area is 222 Å².